The lowest BCUT2D eigenvalue weighted by atomic mass is 10.1. The maximum absolute atomic E-state index is 12.7. The van der Waals surface area contributed by atoms with Gasteiger partial charge in [0.25, 0.3) is 0 Å². The molecule has 1 atom stereocenters. The van der Waals surface area contributed by atoms with Crippen molar-refractivity contribution in [2.45, 2.75) is 6.42 Å². The molecule has 0 bridgehead atoms. The third-order valence-corrected chi connectivity index (χ3v) is 5.25. The molecule has 164 valence electrons. The van der Waals surface area contributed by atoms with Crippen LogP contribution >= 0.6 is 0 Å². The number of pyridine rings is 2. The van der Waals surface area contributed by atoms with Crippen LogP contribution in [-0.4, -0.2) is 67.9 Å². The number of para-hydroxylation sites is 1. The van der Waals surface area contributed by atoms with Gasteiger partial charge in [-0.3, -0.25) is 18.7 Å². The summed E-state index contributed by atoms with van der Waals surface area (Å²) in [5.74, 6) is 1.11. The summed E-state index contributed by atoms with van der Waals surface area (Å²) in [4.78, 5) is 25.4. The number of anilines is 1. The van der Waals surface area contributed by atoms with E-state index in [4.69, 9.17) is 0 Å². The molecule has 1 aliphatic heterocycles. The molecular formula is C21H24N5O4S-. The van der Waals surface area contributed by atoms with E-state index in [1.807, 2.05) is 40.0 Å². The highest BCUT2D eigenvalue weighted by Crippen LogP contribution is 2.19. The predicted molar refractivity (Wildman–Crippen MR) is 118 cm³/mol. The van der Waals surface area contributed by atoms with E-state index in [0.29, 0.717) is 19.5 Å². The monoisotopic (exact) mass is 442 g/mol. The molecule has 9 nitrogen and oxygen atoms in total. The van der Waals surface area contributed by atoms with Crippen LogP contribution in [0.3, 0.4) is 0 Å². The van der Waals surface area contributed by atoms with E-state index in [9.17, 15) is 18.7 Å². The van der Waals surface area contributed by atoms with E-state index in [1.165, 1.54) is 13.2 Å². The molecule has 10 heteroatoms. The number of piperazine rings is 1. The molecule has 1 amide bonds. The van der Waals surface area contributed by atoms with Gasteiger partial charge < -0.3 is 19.5 Å². The van der Waals surface area contributed by atoms with Crippen molar-refractivity contribution in [2.75, 3.05) is 38.1 Å². The summed E-state index contributed by atoms with van der Waals surface area (Å²) in [6.45, 7) is 2.80. The number of carbonyl (C=O) groups excluding carboxylic acids is 1. The number of amides is 1. The number of carbonyl (C=O) groups is 1. The van der Waals surface area contributed by atoms with Crippen LogP contribution in [0.4, 0.5) is 5.82 Å². The number of nitrogens with zero attached hydrogens (tertiary/aromatic N) is 4. The zero-order chi connectivity index (χ0) is 22.2. The first-order valence-corrected chi connectivity index (χ1v) is 10.8. The van der Waals surface area contributed by atoms with Gasteiger partial charge in [0.1, 0.15) is 11.6 Å². The minimum atomic E-state index is -2.07. The van der Waals surface area contributed by atoms with Gasteiger partial charge in [-0.05, 0) is 30.8 Å². The van der Waals surface area contributed by atoms with Crippen molar-refractivity contribution in [1.82, 2.24) is 19.6 Å². The largest absolute Gasteiger partial charge is 0.760 e. The minimum Gasteiger partial charge on any atom is -0.760 e. The second-order valence-corrected chi connectivity index (χ2v) is 7.73. The van der Waals surface area contributed by atoms with Gasteiger partial charge in [-0.15, -0.1) is 0 Å². The first kappa shape index (κ1) is 22.6. The van der Waals surface area contributed by atoms with Gasteiger partial charge in [-0.1, -0.05) is 24.3 Å². The Hall–Kier alpha value is -3.08. The maximum atomic E-state index is 12.7. The molecule has 1 unspecified atom stereocenters. The van der Waals surface area contributed by atoms with E-state index in [-0.39, 0.29) is 11.7 Å². The van der Waals surface area contributed by atoms with Crippen molar-refractivity contribution in [3.8, 4) is 5.75 Å². The normalized spacial score (nSPS) is 14.6. The zero-order valence-electron chi connectivity index (χ0n) is 17.1. The standard InChI is InChI=1S/C20H20N4O2.CH5NO2S/c25-17-6-7-18(22-14-17)23-9-11-24(12-10-23)19(26)13-16-4-1-3-15-5-2-8-21-20(15)16;1-2-5(3)4/h1-8,14,25H,9-13H2;2H,1H3,(H,3,4)/p-1. The summed E-state index contributed by atoms with van der Waals surface area (Å²) in [7, 11) is 1.34. The number of hydrogen-bond acceptors (Lipinski definition) is 7. The van der Waals surface area contributed by atoms with Gasteiger partial charge in [0.05, 0.1) is 18.1 Å². The quantitative estimate of drug-likeness (QED) is 0.583. The van der Waals surface area contributed by atoms with E-state index < -0.39 is 11.3 Å². The second kappa shape index (κ2) is 10.8. The van der Waals surface area contributed by atoms with Crippen LogP contribution in [0, 0.1) is 0 Å². The maximum Gasteiger partial charge on any atom is 0.227 e. The Labute approximate surface area is 183 Å². The SMILES string of the molecule is CNS(=O)[O-].O=C(Cc1cccc2cccnc12)N1CCN(c2ccc(O)cn2)CC1. The Balaban J connectivity index is 0.000000491. The number of aromatic nitrogens is 2. The molecule has 2 N–H and O–H groups in total. The van der Waals surface area contributed by atoms with Gasteiger partial charge in [0.2, 0.25) is 5.91 Å². The molecule has 0 spiro atoms. The van der Waals surface area contributed by atoms with Gasteiger partial charge in [-0.25, -0.2) is 4.98 Å². The highest BCUT2D eigenvalue weighted by atomic mass is 32.2. The van der Waals surface area contributed by atoms with Crippen molar-refractivity contribution >= 4 is 33.9 Å². The van der Waals surface area contributed by atoms with Crippen molar-refractivity contribution in [3.05, 3.63) is 60.4 Å². The molecule has 31 heavy (non-hydrogen) atoms. The summed E-state index contributed by atoms with van der Waals surface area (Å²) < 4.78 is 20.5. The summed E-state index contributed by atoms with van der Waals surface area (Å²) >= 11 is -2.07. The third-order valence-electron chi connectivity index (χ3n) is 4.91. The summed E-state index contributed by atoms with van der Waals surface area (Å²) in [6, 6.07) is 13.3. The number of aromatic hydroxyl groups is 1. The van der Waals surface area contributed by atoms with Crippen molar-refractivity contribution in [3.63, 3.8) is 0 Å². The van der Waals surface area contributed by atoms with Gasteiger partial charge in [0.15, 0.2) is 0 Å². The fraction of sp³-hybridized carbons (Fsp3) is 0.286. The first-order chi connectivity index (χ1) is 15.0. The number of benzene rings is 1. The molecule has 1 fully saturated rings. The molecule has 1 aromatic carbocycles. The van der Waals surface area contributed by atoms with E-state index in [2.05, 4.69) is 14.9 Å². The van der Waals surface area contributed by atoms with Crippen LogP contribution in [0.25, 0.3) is 10.9 Å². The highest BCUT2D eigenvalue weighted by Gasteiger charge is 2.22. The number of nitrogens with one attached hydrogen (secondary N) is 1. The summed E-state index contributed by atoms with van der Waals surface area (Å²) in [6.07, 6.45) is 3.58. The van der Waals surface area contributed by atoms with Crippen molar-refractivity contribution < 1.29 is 18.7 Å². The third kappa shape index (κ3) is 6.20. The van der Waals surface area contributed by atoms with Gasteiger partial charge in [-0.2, -0.15) is 0 Å². The summed E-state index contributed by atoms with van der Waals surface area (Å²) in [5, 5.41) is 10.4. The smallest absolute Gasteiger partial charge is 0.227 e. The average molecular weight is 443 g/mol. The predicted octanol–water partition coefficient (Wildman–Crippen LogP) is 1.23. The lowest BCUT2D eigenvalue weighted by molar-refractivity contribution is -0.130. The second-order valence-electron chi connectivity index (χ2n) is 6.85. The van der Waals surface area contributed by atoms with Crippen LogP contribution in [0.15, 0.2) is 54.9 Å². The van der Waals surface area contributed by atoms with Crippen molar-refractivity contribution in [1.29, 1.82) is 0 Å². The topological polar surface area (TPSA) is 122 Å². The Morgan fingerprint density at radius 2 is 1.84 bits per heavy atom. The number of fused-ring (bicyclic) bond motifs is 1. The van der Waals surface area contributed by atoms with Crippen LogP contribution in [-0.2, 0) is 22.5 Å². The van der Waals surface area contributed by atoms with Gasteiger partial charge >= 0.3 is 0 Å². The molecule has 1 aliphatic rings. The number of rotatable bonds is 4. The molecule has 4 rings (SSSR count). The molecule has 1 saturated heterocycles. The molecule has 3 heterocycles. The van der Waals surface area contributed by atoms with E-state index in [0.717, 1.165) is 35.4 Å². The number of hydrogen-bond donors (Lipinski definition) is 2. The Morgan fingerprint density at radius 3 is 2.48 bits per heavy atom. The van der Waals surface area contributed by atoms with E-state index >= 15 is 0 Å². The molecule has 0 aliphatic carbocycles. The minimum absolute atomic E-state index is 0.126. The fourth-order valence-electron chi connectivity index (χ4n) is 3.34. The Bertz CT molecular complexity index is 1030. The van der Waals surface area contributed by atoms with Crippen LogP contribution in [0.5, 0.6) is 5.75 Å². The zero-order valence-corrected chi connectivity index (χ0v) is 17.9. The van der Waals surface area contributed by atoms with Crippen LogP contribution in [0.1, 0.15) is 5.56 Å². The first-order valence-electron chi connectivity index (χ1n) is 9.75. The molecule has 3 aromatic rings. The Kier molecular flexibility index (Phi) is 7.88. The molecule has 0 saturated carbocycles. The molecule has 2 aromatic heterocycles. The highest BCUT2D eigenvalue weighted by molar-refractivity contribution is 7.77. The van der Waals surface area contributed by atoms with Crippen LogP contribution < -0.4 is 9.62 Å². The lowest BCUT2D eigenvalue weighted by Crippen LogP contribution is -2.49. The van der Waals surface area contributed by atoms with Gasteiger partial charge in [0, 0.05) is 49.0 Å². The molecular weight excluding hydrogens is 418 g/mol. The average Bonchev–Trinajstić information content (AvgIpc) is 2.80. The van der Waals surface area contributed by atoms with E-state index in [1.54, 1.807) is 18.3 Å². The molecule has 0 radical (unpaired) electrons. The Morgan fingerprint density at radius 1 is 1.13 bits per heavy atom. The van der Waals surface area contributed by atoms with Crippen LogP contribution in [0.2, 0.25) is 0 Å². The lowest BCUT2D eigenvalue weighted by Gasteiger charge is -2.35. The fourth-order valence-corrected chi connectivity index (χ4v) is 3.34. The van der Waals surface area contributed by atoms with Crippen molar-refractivity contribution in [2.24, 2.45) is 0 Å². The summed E-state index contributed by atoms with van der Waals surface area (Å²) in [5.41, 5.74) is 1.87.